The van der Waals surface area contributed by atoms with Crippen LogP contribution in [0.2, 0.25) is 0 Å². The maximum Gasteiger partial charge on any atom is 0.295 e. The third kappa shape index (κ3) is 6.12. The van der Waals surface area contributed by atoms with Crippen molar-refractivity contribution in [3.8, 4) is 5.75 Å². The Morgan fingerprint density at radius 1 is 1.05 bits per heavy atom. The lowest BCUT2D eigenvalue weighted by molar-refractivity contribution is -0.140. The molecule has 1 saturated heterocycles. The molecule has 1 aliphatic rings. The van der Waals surface area contributed by atoms with Gasteiger partial charge in [-0.1, -0.05) is 58.9 Å². The molecule has 0 bridgehead atoms. The van der Waals surface area contributed by atoms with Gasteiger partial charge in [0.05, 0.1) is 24.8 Å². The van der Waals surface area contributed by atoms with Crippen molar-refractivity contribution in [2.45, 2.75) is 85.3 Å². The molecule has 6 heteroatoms. The maximum atomic E-state index is 13.5. The number of carbonyl (C=O) groups excluding carboxylic acids is 2. The molecule has 2 aromatic carbocycles. The highest BCUT2D eigenvalue weighted by Gasteiger charge is 2.46. The summed E-state index contributed by atoms with van der Waals surface area (Å²) in [5.74, 6) is -0.554. The Hall–Kier alpha value is -3.12. The van der Waals surface area contributed by atoms with Crippen LogP contribution in [0.15, 0.2) is 42.0 Å². The monoisotopic (exact) mass is 521 g/mol. The lowest BCUT2D eigenvalue weighted by Gasteiger charge is -2.27. The molecule has 6 nitrogen and oxygen atoms in total. The van der Waals surface area contributed by atoms with E-state index >= 15 is 0 Å². The third-order valence-electron chi connectivity index (χ3n) is 7.08. The fourth-order valence-electron chi connectivity index (χ4n) is 4.90. The zero-order chi connectivity index (χ0) is 28.4. The molecule has 0 radical (unpaired) electrons. The Balaban J connectivity index is 2.16. The molecule has 1 amide bonds. The van der Waals surface area contributed by atoms with Gasteiger partial charge in [-0.25, -0.2) is 0 Å². The van der Waals surface area contributed by atoms with Gasteiger partial charge in [-0.3, -0.25) is 9.59 Å². The molecule has 2 aromatic rings. The Bertz CT molecular complexity index is 1200. The van der Waals surface area contributed by atoms with Crippen LogP contribution in [0.25, 0.3) is 5.76 Å². The molecule has 1 N–H and O–H groups in total. The molecule has 1 fully saturated rings. The van der Waals surface area contributed by atoms with Gasteiger partial charge in [0, 0.05) is 18.7 Å². The van der Waals surface area contributed by atoms with Crippen LogP contribution >= 0.6 is 0 Å². The lowest BCUT2D eigenvalue weighted by atomic mass is 9.85. The van der Waals surface area contributed by atoms with Crippen molar-refractivity contribution in [1.29, 1.82) is 0 Å². The van der Waals surface area contributed by atoms with Gasteiger partial charge in [0.15, 0.2) is 0 Å². The molecule has 1 unspecified atom stereocenters. The highest BCUT2D eigenvalue weighted by molar-refractivity contribution is 6.46. The van der Waals surface area contributed by atoms with Crippen molar-refractivity contribution in [1.82, 2.24) is 4.90 Å². The smallest absolute Gasteiger partial charge is 0.295 e. The normalized spacial score (nSPS) is 17.7. The summed E-state index contributed by atoms with van der Waals surface area (Å²) in [6.45, 7) is 17.1. The fraction of sp³-hybridized carbons (Fsp3) is 0.500. The molecule has 1 atom stereocenters. The number of nitrogens with zero attached hydrogens (tertiary/aromatic N) is 1. The van der Waals surface area contributed by atoms with Crippen LogP contribution in [0, 0.1) is 6.92 Å². The number of aliphatic hydroxyl groups excluding tert-OH is 1. The van der Waals surface area contributed by atoms with Crippen molar-refractivity contribution in [3.63, 3.8) is 0 Å². The topological polar surface area (TPSA) is 76.1 Å². The number of aryl methyl sites for hydroxylation is 1. The quantitative estimate of drug-likeness (QED) is 0.173. The molecule has 0 spiro atoms. The van der Waals surface area contributed by atoms with Gasteiger partial charge in [-0.05, 0) is 72.9 Å². The van der Waals surface area contributed by atoms with Crippen molar-refractivity contribution < 1.29 is 24.2 Å². The number of likely N-dealkylation sites (tertiary alicyclic amines) is 1. The van der Waals surface area contributed by atoms with Crippen LogP contribution < -0.4 is 4.74 Å². The molecular weight excluding hydrogens is 478 g/mol. The molecule has 1 heterocycles. The number of methoxy groups -OCH3 is 1. The van der Waals surface area contributed by atoms with E-state index in [2.05, 4.69) is 20.8 Å². The van der Waals surface area contributed by atoms with E-state index < -0.39 is 17.7 Å². The van der Waals surface area contributed by atoms with Gasteiger partial charge in [-0.15, -0.1) is 0 Å². The van der Waals surface area contributed by atoms with E-state index in [0.717, 1.165) is 28.0 Å². The maximum absolute atomic E-state index is 13.5. The van der Waals surface area contributed by atoms with Gasteiger partial charge in [-0.2, -0.15) is 0 Å². The number of amides is 1. The molecule has 0 saturated carbocycles. The molecule has 0 aliphatic carbocycles. The van der Waals surface area contributed by atoms with Gasteiger partial charge in [0.25, 0.3) is 11.7 Å². The van der Waals surface area contributed by atoms with E-state index in [9.17, 15) is 14.7 Å². The zero-order valence-electron chi connectivity index (χ0n) is 24.3. The number of ketones is 1. The number of hydrogen-bond acceptors (Lipinski definition) is 5. The average molecular weight is 522 g/mol. The van der Waals surface area contributed by atoms with Crippen molar-refractivity contribution in [3.05, 3.63) is 69.8 Å². The van der Waals surface area contributed by atoms with E-state index in [4.69, 9.17) is 9.47 Å². The summed E-state index contributed by atoms with van der Waals surface area (Å²) in [5.41, 5.74) is 4.24. The summed E-state index contributed by atoms with van der Waals surface area (Å²) in [7, 11) is 1.62. The zero-order valence-corrected chi connectivity index (χ0v) is 24.3. The first-order chi connectivity index (χ1) is 17.8. The van der Waals surface area contributed by atoms with Crippen LogP contribution in [-0.4, -0.2) is 48.1 Å². The highest BCUT2D eigenvalue weighted by Crippen LogP contribution is 2.42. The summed E-state index contributed by atoms with van der Waals surface area (Å²) in [6, 6.07) is 11.0. The number of rotatable bonds is 9. The lowest BCUT2D eigenvalue weighted by Crippen LogP contribution is -2.31. The Morgan fingerprint density at radius 2 is 1.68 bits per heavy atom. The number of aliphatic hydroxyl groups is 1. The summed E-state index contributed by atoms with van der Waals surface area (Å²) >= 11 is 0. The van der Waals surface area contributed by atoms with Crippen LogP contribution in [0.1, 0.15) is 94.7 Å². The number of benzene rings is 2. The van der Waals surface area contributed by atoms with Gasteiger partial charge in [0.2, 0.25) is 0 Å². The summed E-state index contributed by atoms with van der Waals surface area (Å²) in [6.07, 6.45) is 0.667. The second-order valence-electron chi connectivity index (χ2n) is 11.7. The number of Topliss-reactive ketones (excluding diaryl/α,β-unsaturated/α-hetero) is 1. The van der Waals surface area contributed by atoms with Gasteiger partial charge < -0.3 is 19.5 Å². The van der Waals surface area contributed by atoms with E-state index in [0.29, 0.717) is 25.1 Å². The van der Waals surface area contributed by atoms with Crippen molar-refractivity contribution >= 4 is 17.4 Å². The molecule has 206 valence electrons. The summed E-state index contributed by atoms with van der Waals surface area (Å²) < 4.78 is 11.2. The summed E-state index contributed by atoms with van der Waals surface area (Å²) in [5, 5.41) is 11.7. The predicted octanol–water partition coefficient (Wildman–Crippen LogP) is 6.66. The molecule has 38 heavy (non-hydrogen) atoms. The van der Waals surface area contributed by atoms with E-state index in [-0.39, 0.29) is 28.8 Å². The first kappa shape index (κ1) is 29.4. The Kier molecular flexibility index (Phi) is 9.09. The fourth-order valence-corrected chi connectivity index (χ4v) is 4.90. The van der Waals surface area contributed by atoms with E-state index in [1.54, 1.807) is 12.0 Å². The second kappa shape index (κ2) is 11.7. The molecule has 1 aliphatic heterocycles. The average Bonchev–Trinajstić information content (AvgIpc) is 3.10. The van der Waals surface area contributed by atoms with Gasteiger partial charge in [0.1, 0.15) is 11.5 Å². The largest absolute Gasteiger partial charge is 0.507 e. The molecule has 0 aromatic heterocycles. The van der Waals surface area contributed by atoms with Crippen molar-refractivity contribution in [2.24, 2.45) is 0 Å². The minimum atomic E-state index is -0.688. The Labute approximate surface area is 227 Å². The first-order valence-electron chi connectivity index (χ1n) is 13.5. The molecule has 3 rings (SSSR count). The van der Waals surface area contributed by atoms with E-state index in [1.807, 2.05) is 71.0 Å². The minimum Gasteiger partial charge on any atom is -0.507 e. The minimum absolute atomic E-state index is 0.0397. The van der Waals surface area contributed by atoms with Crippen molar-refractivity contribution in [2.75, 3.05) is 20.3 Å². The molecular formula is C32H43NO5. The van der Waals surface area contributed by atoms with E-state index in [1.165, 1.54) is 0 Å². The second-order valence-corrected chi connectivity index (χ2v) is 11.7. The standard InChI is InChI=1S/C32H43NO5/c1-19(2)24-18-25(21(5)17-26(24)37-9)29(34)27-28(22-11-13-23(14-12-22)32(6,7)8)33(31(36)30(27)35)15-10-16-38-20(3)4/h11-14,17-20,28,34H,10,15-16H2,1-9H3/b29-27+. The number of ether oxygens (including phenoxy) is 2. The predicted molar refractivity (Wildman–Crippen MR) is 152 cm³/mol. The number of carbonyl (C=O) groups is 2. The third-order valence-corrected chi connectivity index (χ3v) is 7.08. The summed E-state index contributed by atoms with van der Waals surface area (Å²) in [4.78, 5) is 28.4. The van der Waals surface area contributed by atoms with Crippen LogP contribution in [0.3, 0.4) is 0 Å². The van der Waals surface area contributed by atoms with Gasteiger partial charge >= 0.3 is 0 Å². The Morgan fingerprint density at radius 3 is 2.21 bits per heavy atom. The van der Waals surface area contributed by atoms with Crippen LogP contribution in [0.5, 0.6) is 5.75 Å². The first-order valence-corrected chi connectivity index (χ1v) is 13.5. The SMILES string of the molecule is COc1cc(C)c(/C(O)=C2\C(=O)C(=O)N(CCCOC(C)C)C2c2ccc(C(C)(C)C)cc2)cc1C(C)C. The number of hydrogen-bond donors (Lipinski definition) is 1. The van der Waals surface area contributed by atoms with Crippen LogP contribution in [0.4, 0.5) is 0 Å². The highest BCUT2D eigenvalue weighted by atomic mass is 16.5. The van der Waals surface area contributed by atoms with Crippen LogP contribution in [-0.2, 0) is 19.7 Å².